The van der Waals surface area contributed by atoms with Gasteiger partial charge in [0.25, 0.3) is 0 Å². The van der Waals surface area contributed by atoms with Crippen LogP contribution >= 0.6 is 0 Å². The van der Waals surface area contributed by atoms with Crippen molar-refractivity contribution in [2.24, 2.45) is 5.41 Å². The minimum atomic E-state index is -5.08. The van der Waals surface area contributed by atoms with E-state index in [2.05, 4.69) is 10.3 Å². The fraction of sp³-hybridized carbons (Fsp3) is 0.571. The molecule has 2 saturated heterocycles. The van der Waals surface area contributed by atoms with Gasteiger partial charge in [0.1, 0.15) is 10.6 Å². The van der Waals surface area contributed by atoms with Crippen LogP contribution in [-0.2, 0) is 21.0 Å². The third-order valence-corrected chi connectivity index (χ3v) is 6.14. The van der Waals surface area contributed by atoms with Crippen LogP contribution in [0.15, 0.2) is 17.0 Å². The Bertz CT molecular complexity index is 857. The van der Waals surface area contributed by atoms with Crippen molar-refractivity contribution in [1.29, 1.82) is 0 Å². The Balaban J connectivity index is 0.000000345. The van der Waals surface area contributed by atoms with E-state index in [1.165, 1.54) is 11.2 Å². The van der Waals surface area contributed by atoms with Crippen LogP contribution in [0.4, 0.5) is 26.3 Å². The number of pyridine rings is 1. The molecule has 0 saturated carbocycles. The Labute approximate surface area is 155 Å². The van der Waals surface area contributed by atoms with Crippen LogP contribution in [0.1, 0.15) is 11.4 Å². The number of carboxylic acid groups (broad SMARTS) is 1. The number of halogens is 6. The van der Waals surface area contributed by atoms with Gasteiger partial charge in [-0.1, -0.05) is 0 Å². The number of sulfonamides is 1. The predicted octanol–water partition coefficient (Wildman–Crippen LogP) is 1.64. The standard InChI is InChI=1S/C12H14F3N3O2S.C2HF3O2/c1-8-9(2-3-10(17-8)12(13,14)15)21(19,20)18-6-11(7-18)4-16-5-11;3-2(4,5)1(6)7/h2-3,16H,4-7H2,1H3;(H,6,7). The topological polar surface area (TPSA) is 99.6 Å². The molecule has 28 heavy (non-hydrogen) atoms. The van der Waals surface area contributed by atoms with Crippen LogP contribution in [0.25, 0.3) is 0 Å². The molecule has 2 aliphatic heterocycles. The van der Waals surface area contributed by atoms with Gasteiger partial charge < -0.3 is 10.4 Å². The average molecular weight is 435 g/mol. The summed E-state index contributed by atoms with van der Waals surface area (Å²) in [4.78, 5) is 12.1. The molecule has 7 nitrogen and oxygen atoms in total. The SMILES string of the molecule is Cc1nc(C(F)(F)F)ccc1S(=O)(=O)N1CC2(CNC2)C1.O=C(O)C(F)(F)F. The highest BCUT2D eigenvalue weighted by Crippen LogP contribution is 2.38. The van der Waals surface area contributed by atoms with Crippen molar-refractivity contribution in [2.45, 2.75) is 24.2 Å². The highest BCUT2D eigenvalue weighted by Gasteiger charge is 2.52. The van der Waals surface area contributed by atoms with E-state index >= 15 is 0 Å². The van der Waals surface area contributed by atoms with Crippen molar-refractivity contribution >= 4 is 16.0 Å². The normalized spacial score (nSPS) is 19.2. The zero-order valence-corrected chi connectivity index (χ0v) is 15.0. The van der Waals surface area contributed by atoms with E-state index in [0.29, 0.717) is 19.2 Å². The molecule has 3 heterocycles. The van der Waals surface area contributed by atoms with Crippen LogP contribution in [0.5, 0.6) is 0 Å². The summed E-state index contributed by atoms with van der Waals surface area (Å²) in [7, 11) is -3.77. The van der Waals surface area contributed by atoms with E-state index in [1.54, 1.807) is 0 Å². The number of rotatable bonds is 2. The van der Waals surface area contributed by atoms with Crippen molar-refractivity contribution in [3.05, 3.63) is 23.5 Å². The Hall–Kier alpha value is -1.93. The van der Waals surface area contributed by atoms with Crippen molar-refractivity contribution in [1.82, 2.24) is 14.6 Å². The monoisotopic (exact) mass is 435 g/mol. The molecule has 0 bridgehead atoms. The van der Waals surface area contributed by atoms with E-state index < -0.39 is 34.0 Å². The number of carbonyl (C=O) groups is 1. The summed E-state index contributed by atoms with van der Waals surface area (Å²) in [5, 5.41) is 10.2. The van der Waals surface area contributed by atoms with Gasteiger partial charge in [0, 0.05) is 31.6 Å². The minimum absolute atomic E-state index is 0.0142. The fourth-order valence-corrected chi connectivity index (χ4v) is 4.52. The van der Waals surface area contributed by atoms with Crippen molar-refractivity contribution in [2.75, 3.05) is 26.2 Å². The molecule has 1 aromatic heterocycles. The van der Waals surface area contributed by atoms with Gasteiger partial charge in [-0.3, -0.25) is 0 Å². The van der Waals surface area contributed by atoms with Gasteiger partial charge >= 0.3 is 18.3 Å². The van der Waals surface area contributed by atoms with Gasteiger partial charge in [-0.05, 0) is 19.1 Å². The highest BCUT2D eigenvalue weighted by molar-refractivity contribution is 7.89. The van der Waals surface area contributed by atoms with Gasteiger partial charge in [0.2, 0.25) is 10.0 Å². The van der Waals surface area contributed by atoms with Crippen LogP contribution in [0.3, 0.4) is 0 Å². The van der Waals surface area contributed by atoms with Crippen LogP contribution in [-0.4, -0.2) is 61.1 Å². The lowest BCUT2D eigenvalue weighted by atomic mass is 9.76. The summed E-state index contributed by atoms with van der Waals surface area (Å²) in [6, 6.07) is 1.70. The van der Waals surface area contributed by atoms with Crippen LogP contribution < -0.4 is 5.32 Å². The minimum Gasteiger partial charge on any atom is -0.475 e. The number of alkyl halides is 6. The zero-order valence-electron chi connectivity index (χ0n) is 14.2. The maximum atomic E-state index is 12.6. The highest BCUT2D eigenvalue weighted by atomic mass is 32.2. The Morgan fingerprint density at radius 3 is 2.00 bits per heavy atom. The number of nitrogens with zero attached hydrogens (tertiary/aromatic N) is 2. The van der Waals surface area contributed by atoms with E-state index in [4.69, 9.17) is 9.90 Å². The molecule has 1 spiro atoms. The summed E-state index contributed by atoms with van der Waals surface area (Å²) in [6.45, 7) is 3.65. The number of carboxylic acids is 1. The van der Waals surface area contributed by atoms with Gasteiger partial charge in [0.05, 0.1) is 5.69 Å². The molecule has 0 radical (unpaired) electrons. The molecular formula is C14H15F6N3O4S. The van der Waals surface area contributed by atoms with E-state index in [1.807, 2.05) is 0 Å². The number of aryl methyl sites for hydroxylation is 1. The number of nitrogens with one attached hydrogen (secondary N) is 1. The maximum Gasteiger partial charge on any atom is 0.490 e. The first-order valence-electron chi connectivity index (χ1n) is 7.64. The molecule has 3 rings (SSSR count). The van der Waals surface area contributed by atoms with Crippen LogP contribution in [0.2, 0.25) is 0 Å². The van der Waals surface area contributed by atoms with Gasteiger partial charge in [0.15, 0.2) is 0 Å². The summed E-state index contributed by atoms with van der Waals surface area (Å²) in [5.41, 5.74) is -1.19. The second-order valence-electron chi connectivity index (χ2n) is 6.46. The fourth-order valence-electron chi connectivity index (χ4n) is 2.69. The lowest BCUT2D eigenvalue weighted by molar-refractivity contribution is -0.192. The Kier molecular flexibility index (Phi) is 5.71. The van der Waals surface area contributed by atoms with Crippen molar-refractivity contribution in [3.8, 4) is 0 Å². The summed E-state index contributed by atoms with van der Waals surface area (Å²) < 4.78 is 95.5. The largest absolute Gasteiger partial charge is 0.490 e. The molecule has 158 valence electrons. The summed E-state index contributed by atoms with van der Waals surface area (Å²) in [5.74, 6) is -2.76. The summed E-state index contributed by atoms with van der Waals surface area (Å²) >= 11 is 0. The molecule has 0 amide bonds. The average Bonchev–Trinajstić information content (AvgIpc) is 2.42. The lowest BCUT2D eigenvalue weighted by Gasteiger charge is -2.55. The quantitative estimate of drug-likeness (QED) is 0.686. The molecule has 0 aliphatic carbocycles. The number of hydrogen-bond donors (Lipinski definition) is 2. The molecule has 2 aliphatic rings. The van der Waals surface area contributed by atoms with Crippen molar-refractivity contribution < 1.29 is 44.7 Å². The molecular weight excluding hydrogens is 420 g/mol. The second-order valence-corrected chi connectivity index (χ2v) is 8.36. The van der Waals surface area contributed by atoms with E-state index in [-0.39, 0.29) is 16.0 Å². The molecule has 0 unspecified atom stereocenters. The Morgan fingerprint density at radius 2 is 1.68 bits per heavy atom. The molecule has 1 aromatic rings. The molecule has 0 atom stereocenters. The first kappa shape index (κ1) is 22.4. The molecule has 2 fully saturated rings. The first-order chi connectivity index (χ1) is 12.6. The van der Waals surface area contributed by atoms with Gasteiger partial charge in [-0.15, -0.1) is 0 Å². The molecule has 14 heteroatoms. The van der Waals surface area contributed by atoms with Gasteiger partial charge in [-0.25, -0.2) is 18.2 Å². The number of hydrogen-bond acceptors (Lipinski definition) is 5. The lowest BCUT2D eigenvalue weighted by Crippen LogP contribution is -2.71. The molecule has 0 aromatic carbocycles. The third-order valence-electron chi connectivity index (χ3n) is 4.21. The zero-order chi connectivity index (χ0) is 21.5. The van der Waals surface area contributed by atoms with E-state index in [9.17, 15) is 34.8 Å². The maximum absolute atomic E-state index is 12.6. The second kappa shape index (κ2) is 7.15. The predicted molar refractivity (Wildman–Crippen MR) is 81.7 cm³/mol. The van der Waals surface area contributed by atoms with E-state index in [0.717, 1.165) is 19.2 Å². The number of aliphatic carboxylic acids is 1. The third kappa shape index (κ3) is 4.55. The first-order valence-corrected chi connectivity index (χ1v) is 9.08. The number of aromatic nitrogens is 1. The van der Waals surface area contributed by atoms with Crippen molar-refractivity contribution in [3.63, 3.8) is 0 Å². The molecule has 2 N–H and O–H groups in total. The Morgan fingerprint density at radius 1 is 1.18 bits per heavy atom. The van der Waals surface area contributed by atoms with Gasteiger partial charge in [-0.2, -0.15) is 30.6 Å². The van der Waals surface area contributed by atoms with Crippen LogP contribution in [0, 0.1) is 12.3 Å². The smallest absolute Gasteiger partial charge is 0.475 e. The summed E-state index contributed by atoms with van der Waals surface area (Å²) in [6.07, 6.45) is -9.66.